The molecule has 0 saturated heterocycles. The van der Waals surface area contributed by atoms with Gasteiger partial charge in [-0.05, 0) is 0 Å². The monoisotopic (exact) mass is 446 g/mol. The predicted octanol–water partition coefficient (Wildman–Crippen LogP) is 0.174. The summed E-state index contributed by atoms with van der Waals surface area (Å²) in [4.78, 5) is 0. The Morgan fingerprint density at radius 1 is 0.640 bits per heavy atom. The summed E-state index contributed by atoms with van der Waals surface area (Å²) in [6.45, 7) is 9.46. The summed E-state index contributed by atoms with van der Waals surface area (Å²) in [6.07, 6.45) is 0. The molecule has 3 heteroatoms. The third-order valence-electron chi connectivity index (χ3n) is 5.73. The Labute approximate surface area is 175 Å². The standard InChI is InChI=1S/2C11H11.2ClH.Zr/c2*1-8-7-10-5-3-4-6-11(10)9(8)2;;;/h2*3-6,9H,1-2H3;2*1H;/q;;;;+2/p-2. The molecule has 0 N–H and O–H groups in total. The van der Waals surface area contributed by atoms with Crippen LogP contribution in [0.5, 0.6) is 0 Å². The van der Waals surface area contributed by atoms with Crippen molar-refractivity contribution < 1.29 is 48.0 Å². The molecular formula is C22H22Cl2Zr. The molecule has 128 valence electrons. The maximum absolute atomic E-state index is 2.37. The van der Waals surface area contributed by atoms with E-state index in [9.17, 15) is 0 Å². The molecule has 2 aromatic rings. The van der Waals surface area contributed by atoms with E-state index in [-0.39, 0.29) is 24.8 Å². The van der Waals surface area contributed by atoms with Crippen molar-refractivity contribution in [1.82, 2.24) is 0 Å². The molecule has 0 aliphatic heterocycles. The molecule has 0 fully saturated rings. The van der Waals surface area contributed by atoms with Gasteiger partial charge in [-0.1, -0.05) is 0 Å². The predicted molar refractivity (Wildman–Crippen MR) is 94.9 cm³/mol. The minimum absolute atomic E-state index is 0. The van der Waals surface area contributed by atoms with E-state index >= 15 is 0 Å². The average Bonchev–Trinajstić information content (AvgIpc) is 2.97. The third kappa shape index (κ3) is 3.25. The largest absolute Gasteiger partial charge is 1.00 e. The number of allylic oxidation sites excluding steroid dienone is 2. The fraction of sp³-hybridized carbons (Fsp3) is 0.273. The Bertz CT molecular complexity index is 792. The number of hydrogen-bond acceptors (Lipinski definition) is 0. The molecule has 0 heterocycles. The van der Waals surface area contributed by atoms with Crippen LogP contribution in [0.2, 0.25) is 0 Å². The molecule has 2 unspecified atom stereocenters. The van der Waals surface area contributed by atoms with Gasteiger partial charge in [0, 0.05) is 0 Å². The van der Waals surface area contributed by atoms with Gasteiger partial charge in [0.25, 0.3) is 0 Å². The topological polar surface area (TPSA) is 0 Å². The van der Waals surface area contributed by atoms with Gasteiger partial charge in [0.2, 0.25) is 0 Å². The molecule has 0 aromatic heterocycles. The van der Waals surface area contributed by atoms with Gasteiger partial charge in [-0.25, -0.2) is 0 Å². The van der Waals surface area contributed by atoms with Crippen LogP contribution in [0.3, 0.4) is 0 Å². The van der Waals surface area contributed by atoms with Crippen LogP contribution < -0.4 is 24.8 Å². The zero-order chi connectivity index (χ0) is 16.1. The molecule has 25 heavy (non-hydrogen) atoms. The summed E-state index contributed by atoms with van der Waals surface area (Å²) in [5.74, 6) is 1.19. The summed E-state index contributed by atoms with van der Waals surface area (Å²) >= 11 is -0.793. The van der Waals surface area contributed by atoms with Crippen molar-refractivity contribution in [2.24, 2.45) is 0 Å². The van der Waals surface area contributed by atoms with E-state index in [2.05, 4.69) is 76.2 Å². The molecule has 0 amide bonds. The fourth-order valence-corrected chi connectivity index (χ4v) is 8.42. The van der Waals surface area contributed by atoms with E-state index in [1.54, 1.807) is 40.0 Å². The van der Waals surface area contributed by atoms with E-state index in [1.165, 1.54) is 0 Å². The molecule has 2 aromatic carbocycles. The summed E-state index contributed by atoms with van der Waals surface area (Å²) < 4.78 is 3.44. The first kappa shape index (κ1) is 20.7. The Balaban J connectivity index is 0.00000113. The van der Waals surface area contributed by atoms with Crippen molar-refractivity contribution in [2.45, 2.75) is 39.5 Å². The summed E-state index contributed by atoms with van der Waals surface area (Å²) in [6, 6.07) is 18.1. The van der Waals surface area contributed by atoms with Crippen LogP contribution in [0, 0.1) is 0 Å². The minimum atomic E-state index is -0.793. The van der Waals surface area contributed by atoms with E-state index in [4.69, 9.17) is 0 Å². The number of rotatable bonds is 2. The van der Waals surface area contributed by atoms with Crippen molar-refractivity contribution in [2.75, 3.05) is 0 Å². The van der Waals surface area contributed by atoms with Crippen molar-refractivity contribution in [3.8, 4) is 0 Å². The fourth-order valence-electron chi connectivity index (χ4n) is 3.99. The molecule has 2 atom stereocenters. The SMILES string of the molecule is CC1=[C]([Zr+2][C]2=C(C)C(C)c3ccccc32)c2ccccc2C1C.[Cl-].[Cl-]. The second-order valence-corrected chi connectivity index (χ2v) is 9.93. The van der Waals surface area contributed by atoms with Crippen LogP contribution in [0.1, 0.15) is 61.8 Å². The van der Waals surface area contributed by atoms with Crippen LogP contribution in [0.4, 0.5) is 0 Å². The van der Waals surface area contributed by atoms with Crippen molar-refractivity contribution in [3.63, 3.8) is 0 Å². The number of benzene rings is 2. The molecule has 2 aliphatic carbocycles. The summed E-state index contributed by atoms with van der Waals surface area (Å²) in [7, 11) is 0. The first-order valence-corrected chi connectivity index (χ1v) is 10.9. The van der Waals surface area contributed by atoms with Crippen LogP contribution in [0.15, 0.2) is 59.7 Å². The van der Waals surface area contributed by atoms with E-state index in [0.29, 0.717) is 11.8 Å². The molecule has 0 saturated carbocycles. The van der Waals surface area contributed by atoms with Crippen molar-refractivity contribution in [1.29, 1.82) is 0 Å². The Kier molecular flexibility index (Phi) is 6.58. The molecular weight excluding hydrogens is 426 g/mol. The molecule has 4 rings (SSSR count). The molecule has 2 aliphatic rings. The quantitative estimate of drug-likeness (QED) is 0.615. The van der Waals surface area contributed by atoms with Gasteiger partial charge < -0.3 is 24.8 Å². The first-order valence-electron chi connectivity index (χ1n) is 8.46. The molecule has 0 nitrogen and oxygen atoms in total. The average molecular weight is 449 g/mol. The molecule has 0 radical (unpaired) electrons. The zero-order valence-corrected chi connectivity index (χ0v) is 19.0. The van der Waals surface area contributed by atoms with Crippen LogP contribution in [-0.2, 0) is 23.2 Å². The Hall–Kier alpha value is -0.617. The number of hydrogen-bond donors (Lipinski definition) is 0. The normalized spacial score (nSPS) is 20.5. The van der Waals surface area contributed by atoms with E-state index in [1.807, 2.05) is 0 Å². The summed E-state index contributed by atoms with van der Waals surface area (Å²) in [5, 5.41) is 0. The maximum atomic E-state index is 2.37. The zero-order valence-electron chi connectivity index (χ0n) is 15.0. The van der Waals surface area contributed by atoms with Crippen LogP contribution >= 0.6 is 0 Å². The van der Waals surface area contributed by atoms with Gasteiger partial charge in [0.15, 0.2) is 0 Å². The summed E-state index contributed by atoms with van der Waals surface area (Å²) in [5.41, 5.74) is 9.41. The van der Waals surface area contributed by atoms with Gasteiger partial charge in [0.1, 0.15) is 0 Å². The van der Waals surface area contributed by atoms with Gasteiger partial charge in [-0.3, -0.25) is 0 Å². The van der Waals surface area contributed by atoms with Crippen LogP contribution in [-0.4, -0.2) is 0 Å². The smallest absolute Gasteiger partial charge is 1.00 e. The van der Waals surface area contributed by atoms with Gasteiger partial charge in [0.05, 0.1) is 0 Å². The molecule has 0 spiro atoms. The van der Waals surface area contributed by atoms with Crippen molar-refractivity contribution >= 4 is 6.56 Å². The van der Waals surface area contributed by atoms with E-state index in [0.717, 1.165) is 0 Å². The number of halogens is 2. The van der Waals surface area contributed by atoms with Crippen molar-refractivity contribution in [3.05, 3.63) is 81.9 Å². The number of fused-ring (bicyclic) bond motifs is 2. The third-order valence-corrected chi connectivity index (χ3v) is 10.2. The van der Waals surface area contributed by atoms with Crippen LogP contribution in [0.25, 0.3) is 6.56 Å². The van der Waals surface area contributed by atoms with Gasteiger partial charge in [-0.15, -0.1) is 0 Å². The first-order chi connectivity index (χ1) is 11.1. The van der Waals surface area contributed by atoms with Gasteiger partial charge in [-0.2, -0.15) is 0 Å². The van der Waals surface area contributed by atoms with E-state index < -0.39 is 23.2 Å². The Morgan fingerprint density at radius 3 is 1.40 bits per heavy atom. The minimum Gasteiger partial charge on any atom is -1.00 e. The second kappa shape index (κ2) is 7.95. The molecule has 0 bridgehead atoms. The maximum Gasteiger partial charge on any atom is -1.00 e. The Morgan fingerprint density at radius 2 is 1.00 bits per heavy atom. The second-order valence-electron chi connectivity index (χ2n) is 6.86. The van der Waals surface area contributed by atoms with Gasteiger partial charge >= 0.3 is 151 Å².